The van der Waals surface area contributed by atoms with Crippen LogP contribution in [0, 0.1) is 0 Å². The van der Waals surface area contributed by atoms with E-state index in [9.17, 15) is 9.59 Å². The van der Waals surface area contributed by atoms with Gasteiger partial charge in [0.1, 0.15) is 6.10 Å². The maximum absolute atomic E-state index is 12.1. The number of anilines is 2. The number of para-hydroxylation sites is 2. The molecule has 20 heavy (non-hydrogen) atoms. The van der Waals surface area contributed by atoms with Crippen LogP contribution in [-0.4, -0.2) is 31.1 Å². The summed E-state index contributed by atoms with van der Waals surface area (Å²) in [6, 6.07) is 7.43. The molecule has 0 aromatic heterocycles. The molecular weight excluding hydrogens is 256 g/mol. The lowest BCUT2D eigenvalue weighted by molar-refractivity contribution is -0.124. The standard InChI is InChI=1S/C15H18N2O3/c18-14-8-3-9-17(14)12-6-2-1-5-11(12)16-15(19)13-7-4-10-20-13/h1-2,5-6,13H,3-4,7-10H2,(H,16,19). The molecule has 5 heteroatoms. The van der Waals surface area contributed by atoms with Gasteiger partial charge in [0.25, 0.3) is 5.91 Å². The Balaban J connectivity index is 1.79. The van der Waals surface area contributed by atoms with Crippen molar-refractivity contribution < 1.29 is 14.3 Å². The van der Waals surface area contributed by atoms with Crippen LogP contribution in [0.25, 0.3) is 0 Å². The highest BCUT2D eigenvalue weighted by Gasteiger charge is 2.27. The SMILES string of the molecule is O=C(Nc1ccccc1N1CCCC1=O)C1CCCO1. The molecule has 1 N–H and O–H groups in total. The van der Waals surface area contributed by atoms with Crippen LogP contribution < -0.4 is 10.2 Å². The van der Waals surface area contributed by atoms with Crippen molar-refractivity contribution in [2.75, 3.05) is 23.4 Å². The molecule has 0 radical (unpaired) electrons. The van der Waals surface area contributed by atoms with E-state index in [1.54, 1.807) is 4.90 Å². The summed E-state index contributed by atoms with van der Waals surface area (Å²) >= 11 is 0. The highest BCUT2D eigenvalue weighted by atomic mass is 16.5. The molecule has 106 valence electrons. The Kier molecular flexibility index (Phi) is 3.69. The Morgan fingerprint density at radius 2 is 2.15 bits per heavy atom. The average Bonchev–Trinajstić information content (AvgIpc) is 3.10. The lowest BCUT2D eigenvalue weighted by atomic mass is 10.2. The number of rotatable bonds is 3. The summed E-state index contributed by atoms with van der Waals surface area (Å²) in [5.74, 6) is -0.00888. The van der Waals surface area contributed by atoms with E-state index in [2.05, 4.69) is 5.32 Å². The summed E-state index contributed by atoms with van der Waals surface area (Å²) < 4.78 is 5.38. The van der Waals surface area contributed by atoms with E-state index in [-0.39, 0.29) is 17.9 Å². The van der Waals surface area contributed by atoms with Gasteiger partial charge in [0, 0.05) is 19.6 Å². The van der Waals surface area contributed by atoms with Crippen molar-refractivity contribution in [3.8, 4) is 0 Å². The summed E-state index contributed by atoms with van der Waals surface area (Å²) in [6.45, 7) is 1.36. The van der Waals surface area contributed by atoms with Gasteiger partial charge < -0.3 is 15.0 Å². The van der Waals surface area contributed by atoms with E-state index < -0.39 is 0 Å². The largest absolute Gasteiger partial charge is 0.368 e. The summed E-state index contributed by atoms with van der Waals surface area (Å²) in [6.07, 6.45) is 2.76. The highest BCUT2D eigenvalue weighted by Crippen LogP contribution is 2.29. The minimum atomic E-state index is -0.364. The normalized spacial score (nSPS) is 22.3. The second-order valence-electron chi connectivity index (χ2n) is 5.16. The van der Waals surface area contributed by atoms with E-state index in [1.165, 1.54) is 0 Å². The molecule has 1 aromatic rings. The van der Waals surface area contributed by atoms with Crippen LogP contribution in [0.3, 0.4) is 0 Å². The minimum Gasteiger partial charge on any atom is -0.368 e. The fourth-order valence-electron chi connectivity index (χ4n) is 2.72. The Morgan fingerprint density at radius 3 is 2.85 bits per heavy atom. The number of nitrogens with zero attached hydrogens (tertiary/aromatic N) is 1. The zero-order chi connectivity index (χ0) is 13.9. The van der Waals surface area contributed by atoms with E-state index >= 15 is 0 Å². The number of amides is 2. The monoisotopic (exact) mass is 274 g/mol. The zero-order valence-electron chi connectivity index (χ0n) is 11.3. The topological polar surface area (TPSA) is 58.6 Å². The van der Waals surface area contributed by atoms with Gasteiger partial charge in [0.15, 0.2) is 0 Å². The predicted molar refractivity (Wildman–Crippen MR) is 75.6 cm³/mol. The first-order valence-corrected chi connectivity index (χ1v) is 7.07. The molecule has 0 saturated carbocycles. The Labute approximate surface area is 117 Å². The van der Waals surface area contributed by atoms with E-state index in [1.807, 2.05) is 24.3 Å². The van der Waals surface area contributed by atoms with Crippen molar-refractivity contribution >= 4 is 23.2 Å². The molecular formula is C15H18N2O3. The fourth-order valence-corrected chi connectivity index (χ4v) is 2.72. The number of carbonyl (C=O) groups excluding carboxylic acids is 2. The molecule has 3 rings (SSSR count). The first-order chi connectivity index (χ1) is 9.75. The summed E-state index contributed by atoms with van der Waals surface area (Å²) in [5, 5.41) is 2.89. The van der Waals surface area contributed by atoms with Crippen LogP contribution in [-0.2, 0) is 14.3 Å². The molecule has 1 aromatic carbocycles. The van der Waals surface area contributed by atoms with Crippen LogP contribution in [0.2, 0.25) is 0 Å². The third-order valence-corrected chi connectivity index (χ3v) is 3.75. The molecule has 5 nitrogen and oxygen atoms in total. The van der Waals surface area contributed by atoms with E-state index in [4.69, 9.17) is 4.74 Å². The number of hydrogen-bond donors (Lipinski definition) is 1. The average molecular weight is 274 g/mol. The predicted octanol–water partition coefficient (Wildman–Crippen LogP) is 1.93. The van der Waals surface area contributed by atoms with Gasteiger partial charge in [-0.1, -0.05) is 12.1 Å². The van der Waals surface area contributed by atoms with Crippen molar-refractivity contribution in [1.82, 2.24) is 0 Å². The van der Waals surface area contributed by atoms with Gasteiger partial charge >= 0.3 is 0 Å². The van der Waals surface area contributed by atoms with Crippen molar-refractivity contribution in [3.63, 3.8) is 0 Å². The van der Waals surface area contributed by atoms with Gasteiger partial charge in [-0.05, 0) is 31.4 Å². The quantitative estimate of drug-likeness (QED) is 0.916. The van der Waals surface area contributed by atoms with Crippen LogP contribution in [0.4, 0.5) is 11.4 Å². The van der Waals surface area contributed by atoms with Gasteiger partial charge in [-0.15, -0.1) is 0 Å². The lowest BCUT2D eigenvalue weighted by Gasteiger charge is -2.20. The smallest absolute Gasteiger partial charge is 0.253 e. The van der Waals surface area contributed by atoms with Crippen LogP contribution in [0.15, 0.2) is 24.3 Å². The van der Waals surface area contributed by atoms with Gasteiger partial charge in [-0.25, -0.2) is 0 Å². The molecule has 1 unspecified atom stereocenters. The molecule has 2 heterocycles. The van der Waals surface area contributed by atoms with Gasteiger partial charge in [0.05, 0.1) is 11.4 Å². The summed E-state index contributed by atoms with van der Waals surface area (Å²) in [7, 11) is 0. The van der Waals surface area contributed by atoms with Crippen LogP contribution in [0.1, 0.15) is 25.7 Å². The molecule has 1 atom stereocenters. The Bertz CT molecular complexity index is 524. The lowest BCUT2D eigenvalue weighted by Crippen LogP contribution is -2.29. The maximum Gasteiger partial charge on any atom is 0.253 e. The van der Waals surface area contributed by atoms with E-state index in [0.29, 0.717) is 25.3 Å². The number of hydrogen-bond acceptors (Lipinski definition) is 3. The number of benzene rings is 1. The van der Waals surface area contributed by atoms with Gasteiger partial charge in [-0.3, -0.25) is 9.59 Å². The first-order valence-electron chi connectivity index (χ1n) is 7.07. The minimum absolute atomic E-state index is 0.115. The molecule has 2 aliphatic heterocycles. The number of ether oxygens (including phenoxy) is 1. The van der Waals surface area contributed by atoms with Crippen molar-refractivity contribution in [2.45, 2.75) is 31.8 Å². The third kappa shape index (κ3) is 2.54. The fraction of sp³-hybridized carbons (Fsp3) is 0.467. The second kappa shape index (κ2) is 5.63. The van der Waals surface area contributed by atoms with Crippen LogP contribution in [0.5, 0.6) is 0 Å². The first kappa shape index (κ1) is 13.1. The van der Waals surface area contributed by atoms with Crippen molar-refractivity contribution in [3.05, 3.63) is 24.3 Å². The van der Waals surface area contributed by atoms with Crippen LogP contribution >= 0.6 is 0 Å². The summed E-state index contributed by atoms with van der Waals surface area (Å²) in [4.78, 5) is 25.7. The molecule has 2 saturated heterocycles. The molecule has 0 bridgehead atoms. The molecule has 2 aliphatic rings. The maximum atomic E-state index is 12.1. The summed E-state index contributed by atoms with van der Waals surface area (Å²) in [5.41, 5.74) is 1.46. The molecule has 0 spiro atoms. The van der Waals surface area contributed by atoms with E-state index in [0.717, 1.165) is 24.9 Å². The number of nitrogens with one attached hydrogen (secondary N) is 1. The molecule has 2 amide bonds. The molecule has 2 fully saturated rings. The Morgan fingerprint density at radius 1 is 1.30 bits per heavy atom. The van der Waals surface area contributed by atoms with Crippen molar-refractivity contribution in [1.29, 1.82) is 0 Å². The second-order valence-corrected chi connectivity index (χ2v) is 5.16. The zero-order valence-corrected chi connectivity index (χ0v) is 11.3. The van der Waals surface area contributed by atoms with Gasteiger partial charge in [0.2, 0.25) is 5.91 Å². The Hall–Kier alpha value is -1.88. The van der Waals surface area contributed by atoms with Crippen molar-refractivity contribution in [2.24, 2.45) is 0 Å². The number of carbonyl (C=O) groups is 2. The van der Waals surface area contributed by atoms with Gasteiger partial charge in [-0.2, -0.15) is 0 Å². The third-order valence-electron chi connectivity index (χ3n) is 3.75. The molecule has 0 aliphatic carbocycles. The highest BCUT2D eigenvalue weighted by molar-refractivity contribution is 6.03.